The zero-order chi connectivity index (χ0) is 20.8. The maximum Gasteiger partial charge on any atom is 0.306 e. The highest BCUT2D eigenvalue weighted by atomic mass is 16.4. The van der Waals surface area contributed by atoms with E-state index in [-0.39, 0.29) is 5.92 Å². The summed E-state index contributed by atoms with van der Waals surface area (Å²) in [6.07, 6.45) is 18.5. The predicted octanol–water partition coefficient (Wildman–Crippen LogP) is 7.48. The van der Waals surface area contributed by atoms with Gasteiger partial charge in [-0.15, -0.1) is 0 Å². The molecule has 164 valence electrons. The van der Waals surface area contributed by atoms with Crippen LogP contribution in [0.2, 0.25) is 0 Å². The average Bonchev–Trinajstić information content (AvgIpc) is 3.04. The van der Waals surface area contributed by atoms with Crippen molar-refractivity contribution >= 4 is 5.97 Å². The standard InChI is InChI=1S/C27H44O2/c1-18(8-7-9-19(2)25(28)29)22-13-14-23-21-12-11-20-10-5-6-16-26(20,3)24(21)15-17-27(22,23)4/h10,18-19,21-24H,5-9,11-17H2,1-4H3,(H,28,29)/t18?,19?,21-,22+,23-,24-,26-,27+/m0/s1. The minimum atomic E-state index is -0.634. The fourth-order valence-corrected chi connectivity index (χ4v) is 8.80. The Morgan fingerprint density at radius 1 is 1.10 bits per heavy atom. The molecule has 0 amide bonds. The first-order chi connectivity index (χ1) is 13.8. The summed E-state index contributed by atoms with van der Waals surface area (Å²) in [5, 5.41) is 9.16. The largest absolute Gasteiger partial charge is 0.481 e. The van der Waals surface area contributed by atoms with Crippen LogP contribution in [0.1, 0.15) is 105 Å². The van der Waals surface area contributed by atoms with Crippen molar-refractivity contribution in [3.8, 4) is 0 Å². The second kappa shape index (κ2) is 8.04. The second-order valence-corrected chi connectivity index (χ2v) is 11.8. The Hall–Kier alpha value is -0.790. The Labute approximate surface area is 178 Å². The van der Waals surface area contributed by atoms with Crippen LogP contribution in [0.15, 0.2) is 11.6 Å². The quantitative estimate of drug-likeness (QED) is 0.469. The fraction of sp³-hybridized carbons (Fsp3) is 0.889. The maximum atomic E-state index is 11.1. The number of rotatable bonds is 6. The van der Waals surface area contributed by atoms with Gasteiger partial charge in [0.2, 0.25) is 0 Å². The van der Waals surface area contributed by atoms with Crippen molar-refractivity contribution < 1.29 is 9.90 Å². The molecule has 4 rings (SSSR count). The molecular weight excluding hydrogens is 356 g/mol. The first-order valence-corrected chi connectivity index (χ1v) is 12.7. The summed E-state index contributed by atoms with van der Waals surface area (Å²) in [6.45, 7) is 9.60. The number of hydrogen-bond acceptors (Lipinski definition) is 1. The number of fused-ring (bicyclic) bond motifs is 5. The molecule has 0 spiro atoms. The molecule has 0 aromatic heterocycles. The summed E-state index contributed by atoms with van der Waals surface area (Å²) < 4.78 is 0. The molecule has 8 atom stereocenters. The number of hydrogen-bond donors (Lipinski definition) is 1. The van der Waals surface area contributed by atoms with E-state index in [4.69, 9.17) is 5.11 Å². The van der Waals surface area contributed by atoms with Crippen molar-refractivity contribution in [3.05, 3.63) is 11.6 Å². The number of carbonyl (C=O) groups is 1. The minimum absolute atomic E-state index is 0.190. The summed E-state index contributed by atoms with van der Waals surface area (Å²) in [5.41, 5.74) is 2.87. The highest BCUT2D eigenvalue weighted by molar-refractivity contribution is 5.69. The van der Waals surface area contributed by atoms with Gasteiger partial charge in [0.05, 0.1) is 5.92 Å². The van der Waals surface area contributed by atoms with Gasteiger partial charge in [-0.05, 0) is 105 Å². The average molecular weight is 401 g/mol. The van der Waals surface area contributed by atoms with Gasteiger partial charge in [0, 0.05) is 0 Å². The van der Waals surface area contributed by atoms with Gasteiger partial charge in [-0.2, -0.15) is 0 Å². The molecular formula is C27H44O2. The van der Waals surface area contributed by atoms with E-state index in [1.54, 1.807) is 0 Å². The molecule has 0 saturated heterocycles. The molecule has 29 heavy (non-hydrogen) atoms. The molecule has 2 unspecified atom stereocenters. The predicted molar refractivity (Wildman–Crippen MR) is 120 cm³/mol. The van der Waals surface area contributed by atoms with Gasteiger partial charge >= 0.3 is 5.97 Å². The van der Waals surface area contributed by atoms with E-state index in [1.807, 2.05) is 12.5 Å². The zero-order valence-corrected chi connectivity index (χ0v) is 19.4. The van der Waals surface area contributed by atoms with Crippen LogP contribution in [-0.2, 0) is 4.79 Å². The lowest BCUT2D eigenvalue weighted by atomic mass is 9.46. The number of carboxylic acids is 1. The van der Waals surface area contributed by atoms with Crippen LogP contribution in [0.3, 0.4) is 0 Å². The highest BCUT2D eigenvalue weighted by Gasteiger charge is 2.59. The molecule has 4 aliphatic rings. The zero-order valence-electron chi connectivity index (χ0n) is 19.4. The molecule has 1 N–H and O–H groups in total. The van der Waals surface area contributed by atoms with E-state index >= 15 is 0 Å². The van der Waals surface area contributed by atoms with Crippen molar-refractivity contribution in [1.82, 2.24) is 0 Å². The van der Waals surface area contributed by atoms with Gasteiger partial charge in [-0.3, -0.25) is 4.79 Å². The lowest BCUT2D eigenvalue weighted by molar-refractivity contribution is -0.141. The van der Waals surface area contributed by atoms with E-state index in [1.165, 1.54) is 64.2 Å². The SMILES string of the molecule is CC(CCCC(C)[C@H]1CC[C@H]2[C@@H]3CCC4=CCCC[C@]4(C)[C@H]3CC[C@]12C)C(=O)O. The summed E-state index contributed by atoms with van der Waals surface area (Å²) in [6, 6.07) is 0. The molecule has 0 aliphatic heterocycles. The van der Waals surface area contributed by atoms with Crippen molar-refractivity contribution in [2.24, 2.45) is 46.3 Å². The lowest BCUT2D eigenvalue weighted by Crippen LogP contribution is -2.50. The van der Waals surface area contributed by atoms with Gasteiger partial charge < -0.3 is 5.11 Å². The Kier molecular flexibility index (Phi) is 5.95. The Morgan fingerprint density at radius 2 is 1.90 bits per heavy atom. The molecule has 4 aliphatic carbocycles. The normalized spacial score (nSPS) is 43.5. The van der Waals surface area contributed by atoms with E-state index in [0.29, 0.717) is 10.8 Å². The van der Waals surface area contributed by atoms with E-state index in [0.717, 1.165) is 42.4 Å². The summed E-state index contributed by atoms with van der Waals surface area (Å²) in [5.74, 6) is 3.60. The monoisotopic (exact) mass is 400 g/mol. The molecule has 0 heterocycles. The third kappa shape index (κ3) is 3.61. The smallest absolute Gasteiger partial charge is 0.306 e. The van der Waals surface area contributed by atoms with Crippen LogP contribution >= 0.6 is 0 Å². The van der Waals surface area contributed by atoms with Crippen LogP contribution < -0.4 is 0 Å². The molecule has 0 bridgehead atoms. The van der Waals surface area contributed by atoms with Gasteiger partial charge in [-0.1, -0.05) is 52.2 Å². The summed E-state index contributed by atoms with van der Waals surface area (Å²) in [4.78, 5) is 11.1. The van der Waals surface area contributed by atoms with Gasteiger partial charge in [-0.25, -0.2) is 0 Å². The molecule has 0 aromatic carbocycles. The fourth-order valence-electron chi connectivity index (χ4n) is 8.80. The lowest BCUT2D eigenvalue weighted by Gasteiger charge is -2.58. The molecule has 2 heteroatoms. The van der Waals surface area contributed by atoms with Crippen molar-refractivity contribution in [3.63, 3.8) is 0 Å². The molecule has 2 nitrogen and oxygen atoms in total. The van der Waals surface area contributed by atoms with Gasteiger partial charge in [0.1, 0.15) is 0 Å². The van der Waals surface area contributed by atoms with Crippen LogP contribution in [0.4, 0.5) is 0 Å². The molecule has 3 fully saturated rings. The summed E-state index contributed by atoms with van der Waals surface area (Å²) in [7, 11) is 0. The van der Waals surface area contributed by atoms with Crippen LogP contribution in [0.5, 0.6) is 0 Å². The van der Waals surface area contributed by atoms with Crippen LogP contribution in [0, 0.1) is 46.3 Å². The van der Waals surface area contributed by atoms with Gasteiger partial charge in [0.25, 0.3) is 0 Å². The van der Waals surface area contributed by atoms with Crippen molar-refractivity contribution in [2.75, 3.05) is 0 Å². The molecule has 0 aromatic rings. The summed E-state index contributed by atoms with van der Waals surface area (Å²) >= 11 is 0. The minimum Gasteiger partial charge on any atom is -0.481 e. The first-order valence-electron chi connectivity index (χ1n) is 12.7. The van der Waals surface area contributed by atoms with E-state index in [2.05, 4.69) is 26.8 Å². The van der Waals surface area contributed by atoms with E-state index < -0.39 is 5.97 Å². The Balaban J connectivity index is 1.43. The van der Waals surface area contributed by atoms with E-state index in [9.17, 15) is 4.79 Å². The second-order valence-electron chi connectivity index (χ2n) is 11.8. The van der Waals surface area contributed by atoms with Crippen LogP contribution in [-0.4, -0.2) is 11.1 Å². The third-order valence-electron chi connectivity index (χ3n) is 10.5. The molecule has 3 saturated carbocycles. The third-order valence-corrected chi connectivity index (χ3v) is 10.5. The number of aliphatic carboxylic acids is 1. The number of carboxylic acid groups (broad SMARTS) is 1. The highest BCUT2D eigenvalue weighted by Crippen LogP contribution is 2.67. The van der Waals surface area contributed by atoms with Crippen LogP contribution in [0.25, 0.3) is 0 Å². The number of allylic oxidation sites excluding steroid dienone is 2. The van der Waals surface area contributed by atoms with Crippen molar-refractivity contribution in [2.45, 2.75) is 105 Å². The topological polar surface area (TPSA) is 37.3 Å². The molecule has 0 radical (unpaired) electrons. The maximum absolute atomic E-state index is 11.1. The Bertz CT molecular complexity index is 651. The first kappa shape index (κ1) is 21.4. The Morgan fingerprint density at radius 3 is 2.66 bits per heavy atom. The van der Waals surface area contributed by atoms with Crippen molar-refractivity contribution in [1.29, 1.82) is 0 Å². The van der Waals surface area contributed by atoms with Gasteiger partial charge in [0.15, 0.2) is 0 Å².